The highest BCUT2D eigenvalue weighted by atomic mass is 32.2. The fourth-order valence-corrected chi connectivity index (χ4v) is 4.22. The summed E-state index contributed by atoms with van der Waals surface area (Å²) in [6.45, 7) is 1.86. The molecule has 0 bridgehead atoms. The molecule has 11 nitrogen and oxygen atoms in total. The molecule has 3 aromatic rings. The third-order valence-corrected chi connectivity index (χ3v) is 6.44. The second-order valence-corrected chi connectivity index (χ2v) is 9.70. The normalized spacial score (nSPS) is 12.6. The Morgan fingerprint density at radius 2 is 1.55 bits per heavy atom. The zero-order valence-electron chi connectivity index (χ0n) is 15.5. The zero-order chi connectivity index (χ0) is 22.8. The van der Waals surface area contributed by atoms with Crippen molar-refractivity contribution in [3.05, 3.63) is 54.1 Å². The van der Waals surface area contributed by atoms with Crippen molar-refractivity contribution < 1.29 is 40.6 Å². The Hall–Kier alpha value is -2.43. The summed E-state index contributed by atoms with van der Waals surface area (Å²) in [6, 6.07) is 10.8. The van der Waals surface area contributed by atoms with Crippen LogP contribution in [0.5, 0.6) is 0 Å². The van der Waals surface area contributed by atoms with Crippen molar-refractivity contribution >= 4 is 54.4 Å². The Labute approximate surface area is 180 Å². The van der Waals surface area contributed by atoms with Gasteiger partial charge in [-0.3, -0.25) is 9.11 Å². The summed E-state index contributed by atoms with van der Waals surface area (Å²) in [5, 5.41) is 21.1. The number of hydrogen-bond donors (Lipinski definition) is 3. The van der Waals surface area contributed by atoms with Crippen LogP contribution in [0, 0.1) is 6.92 Å². The SMILES string of the molecule is Cc1ccc(N=Nc2cc(S(=O)(=O)O)ccc2S(=O)(=O)O)c2cc(SOOO)ccc12. The van der Waals surface area contributed by atoms with E-state index in [0.29, 0.717) is 10.3 Å². The van der Waals surface area contributed by atoms with Crippen LogP contribution in [0.1, 0.15) is 5.56 Å². The lowest BCUT2D eigenvalue weighted by molar-refractivity contribution is -0.432. The summed E-state index contributed by atoms with van der Waals surface area (Å²) in [5.41, 5.74) is 0.692. The molecule has 0 aliphatic carbocycles. The summed E-state index contributed by atoms with van der Waals surface area (Å²) in [4.78, 5) is -0.775. The molecule has 0 atom stereocenters. The van der Waals surface area contributed by atoms with Gasteiger partial charge in [-0.25, -0.2) is 5.26 Å². The third kappa shape index (κ3) is 5.44. The van der Waals surface area contributed by atoms with E-state index in [0.717, 1.165) is 41.2 Å². The molecule has 0 unspecified atom stereocenters. The number of rotatable bonds is 7. The maximum absolute atomic E-state index is 11.6. The number of azo groups is 1. The number of aryl methyl sites for hydroxylation is 1. The van der Waals surface area contributed by atoms with E-state index in [1.807, 2.05) is 6.92 Å². The molecule has 0 heterocycles. The van der Waals surface area contributed by atoms with E-state index in [9.17, 15) is 25.9 Å². The molecule has 0 amide bonds. The Morgan fingerprint density at radius 3 is 2.19 bits per heavy atom. The Bertz CT molecular complexity index is 1390. The van der Waals surface area contributed by atoms with Gasteiger partial charge in [0.15, 0.2) is 0 Å². The number of nitrogens with zero attached hydrogens (tertiary/aromatic N) is 2. The van der Waals surface area contributed by atoms with Gasteiger partial charge in [-0.05, 0) is 54.3 Å². The first-order valence-corrected chi connectivity index (χ1v) is 11.8. The molecule has 0 fully saturated rings. The van der Waals surface area contributed by atoms with Crippen LogP contribution in [0.15, 0.2) is 73.4 Å². The van der Waals surface area contributed by atoms with Crippen molar-refractivity contribution in [3.63, 3.8) is 0 Å². The van der Waals surface area contributed by atoms with Crippen LogP contribution in [0.2, 0.25) is 0 Å². The fourth-order valence-electron chi connectivity index (χ4n) is 2.72. The monoisotopic (exact) mass is 486 g/mol. The number of hydrogen-bond acceptors (Lipinski definition) is 10. The summed E-state index contributed by atoms with van der Waals surface area (Å²) in [5.74, 6) is 0. The summed E-state index contributed by atoms with van der Waals surface area (Å²) in [7, 11) is -9.41. The molecule has 3 aromatic carbocycles. The highest BCUT2D eigenvalue weighted by molar-refractivity contribution is 7.94. The molecule has 3 rings (SSSR count). The number of fused-ring (bicyclic) bond motifs is 1. The average Bonchev–Trinajstić information content (AvgIpc) is 2.70. The summed E-state index contributed by atoms with van der Waals surface area (Å²) < 4.78 is 69.0. The van der Waals surface area contributed by atoms with E-state index in [1.165, 1.54) is 0 Å². The number of benzene rings is 3. The summed E-state index contributed by atoms with van der Waals surface area (Å²) in [6.07, 6.45) is 0. The van der Waals surface area contributed by atoms with E-state index < -0.39 is 35.7 Å². The topological polar surface area (TPSA) is 172 Å². The van der Waals surface area contributed by atoms with E-state index in [1.54, 1.807) is 30.3 Å². The molecule has 164 valence electrons. The van der Waals surface area contributed by atoms with Crippen LogP contribution >= 0.6 is 12.0 Å². The minimum absolute atomic E-state index is 0.284. The molecular weight excluding hydrogens is 472 g/mol. The molecule has 0 aliphatic rings. The Morgan fingerprint density at radius 1 is 0.839 bits per heavy atom. The zero-order valence-corrected chi connectivity index (χ0v) is 18.0. The van der Waals surface area contributed by atoms with Gasteiger partial charge in [0.1, 0.15) is 10.6 Å². The van der Waals surface area contributed by atoms with Crippen molar-refractivity contribution in [2.24, 2.45) is 10.2 Å². The van der Waals surface area contributed by atoms with Gasteiger partial charge >= 0.3 is 0 Å². The van der Waals surface area contributed by atoms with Gasteiger partial charge in [0.05, 0.1) is 22.6 Å². The molecule has 0 radical (unpaired) electrons. The van der Waals surface area contributed by atoms with Crippen molar-refractivity contribution in [1.82, 2.24) is 0 Å². The van der Waals surface area contributed by atoms with Crippen molar-refractivity contribution in [1.29, 1.82) is 0 Å². The standard InChI is InChI=1S/C17H14N2O9S3/c1-10-2-6-15(14-8-11(29-28-27-20)3-5-13(10)14)18-19-16-9-12(30(21,22)23)4-7-17(16)31(24,25)26/h2-9,20H,1H3,(H,21,22,23)(H,24,25,26). The first kappa shape index (κ1) is 23.2. The van der Waals surface area contributed by atoms with Crippen LogP contribution in [0.25, 0.3) is 10.8 Å². The van der Waals surface area contributed by atoms with E-state index in [-0.39, 0.29) is 5.69 Å². The van der Waals surface area contributed by atoms with Gasteiger partial charge in [-0.15, -0.1) is 14.6 Å². The highest BCUT2D eigenvalue weighted by Crippen LogP contribution is 2.35. The first-order valence-electron chi connectivity index (χ1n) is 8.19. The van der Waals surface area contributed by atoms with Crippen LogP contribution in [0.4, 0.5) is 11.4 Å². The molecule has 0 saturated heterocycles. The van der Waals surface area contributed by atoms with E-state index in [4.69, 9.17) is 5.26 Å². The third-order valence-electron chi connectivity index (χ3n) is 4.12. The molecule has 3 N–H and O–H groups in total. The summed E-state index contributed by atoms with van der Waals surface area (Å²) >= 11 is 0.723. The van der Waals surface area contributed by atoms with Crippen LogP contribution in [-0.2, 0) is 29.6 Å². The molecule has 14 heteroatoms. The van der Waals surface area contributed by atoms with Crippen LogP contribution in [0.3, 0.4) is 0 Å². The van der Waals surface area contributed by atoms with Gasteiger partial charge in [0.25, 0.3) is 20.2 Å². The lowest BCUT2D eigenvalue weighted by atomic mass is 10.0. The lowest BCUT2D eigenvalue weighted by Gasteiger charge is -2.07. The maximum Gasteiger partial charge on any atom is 0.296 e. The van der Waals surface area contributed by atoms with Crippen LogP contribution in [-0.4, -0.2) is 31.2 Å². The quantitative estimate of drug-likeness (QED) is 0.142. The van der Waals surface area contributed by atoms with E-state index >= 15 is 0 Å². The fraction of sp³-hybridized carbons (Fsp3) is 0.0588. The molecule has 0 spiro atoms. The average molecular weight is 487 g/mol. The van der Waals surface area contributed by atoms with Gasteiger partial charge in [0, 0.05) is 10.3 Å². The predicted molar refractivity (Wildman–Crippen MR) is 110 cm³/mol. The maximum atomic E-state index is 11.6. The second-order valence-electron chi connectivity index (χ2n) is 6.11. The van der Waals surface area contributed by atoms with Crippen molar-refractivity contribution in [2.75, 3.05) is 0 Å². The van der Waals surface area contributed by atoms with E-state index in [2.05, 4.69) is 19.6 Å². The van der Waals surface area contributed by atoms with Crippen LogP contribution < -0.4 is 0 Å². The predicted octanol–water partition coefficient (Wildman–Crippen LogP) is 4.49. The molecule has 0 aromatic heterocycles. The first-order chi connectivity index (χ1) is 14.5. The molecule has 0 aliphatic heterocycles. The largest absolute Gasteiger partial charge is 0.296 e. The van der Waals surface area contributed by atoms with Gasteiger partial charge < -0.3 is 0 Å². The molecule has 0 saturated carbocycles. The Balaban J connectivity index is 2.16. The van der Waals surface area contributed by atoms with Crippen molar-refractivity contribution in [3.8, 4) is 0 Å². The van der Waals surface area contributed by atoms with Gasteiger partial charge in [-0.1, -0.05) is 17.2 Å². The minimum Gasteiger partial charge on any atom is -0.282 e. The second kappa shape index (κ2) is 8.97. The highest BCUT2D eigenvalue weighted by Gasteiger charge is 2.20. The minimum atomic E-state index is -4.75. The van der Waals surface area contributed by atoms with Crippen molar-refractivity contribution in [2.45, 2.75) is 21.6 Å². The van der Waals surface area contributed by atoms with Gasteiger partial charge in [0.2, 0.25) is 0 Å². The Kier molecular flexibility index (Phi) is 6.73. The molecular formula is C17H14N2O9S3. The van der Waals surface area contributed by atoms with Gasteiger partial charge in [-0.2, -0.15) is 16.8 Å². The molecule has 31 heavy (non-hydrogen) atoms. The smallest absolute Gasteiger partial charge is 0.282 e. The lowest BCUT2D eigenvalue weighted by Crippen LogP contribution is -2.02.